The lowest BCUT2D eigenvalue weighted by molar-refractivity contribution is 0.100. The van der Waals surface area contributed by atoms with Crippen molar-refractivity contribution >= 4 is 11.6 Å². The van der Waals surface area contributed by atoms with E-state index in [-0.39, 0.29) is 22.9 Å². The number of amides is 1. The molecular weight excluding hydrogens is 249 g/mol. The molecule has 98 valence electrons. The predicted octanol–water partition coefficient (Wildman–Crippen LogP) is 2.00. The Balaban J connectivity index is 2.30. The van der Waals surface area contributed by atoms with Gasteiger partial charge in [-0.25, -0.2) is 9.37 Å². The smallest absolute Gasteiger partial charge is 0.251 e. The van der Waals surface area contributed by atoms with Crippen LogP contribution in [0.15, 0.2) is 30.5 Å². The number of aromatic nitrogens is 1. The third-order valence-corrected chi connectivity index (χ3v) is 2.53. The van der Waals surface area contributed by atoms with Crippen molar-refractivity contribution < 1.29 is 13.9 Å². The molecular formula is C13H12FN3O2. The van der Waals surface area contributed by atoms with Crippen LogP contribution in [0.5, 0.6) is 11.6 Å². The lowest BCUT2D eigenvalue weighted by Gasteiger charge is -2.08. The summed E-state index contributed by atoms with van der Waals surface area (Å²) in [6, 6.07) is 5.62. The number of nitrogens with zero attached hydrogens (tertiary/aromatic N) is 1. The zero-order chi connectivity index (χ0) is 14.0. The molecule has 0 fully saturated rings. The number of aryl methyl sites for hydroxylation is 1. The molecule has 1 amide bonds. The number of benzene rings is 1. The summed E-state index contributed by atoms with van der Waals surface area (Å²) < 4.78 is 18.5. The van der Waals surface area contributed by atoms with E-state index in [1.54, 1.807) is 6.92 Å². The van der Waals surface area contributed by atoms with Crippen molar-refractivity contribution in [1.29, 1.82) is 0 Å². The van der Waals surface area contributed by atoms with Gasteiger partial charge in [-0.05, 0) is 30.7 Å². The van der Waals surface area contributed by atoms with Crippen molar-refractivity contribution in [2.45, 2.75) is 6.92 Å². The number of halogens is 1. The molecule has 2 aromatic rings. The molecule has 0 radical (unpaired) electrons. The first-order chi connectivity index (χ1) is 8.97. The number of primary amides is 1. The minimum absolute atomic E-state index is 0.129. The van der Waals surface area contributed by atoms with Crippen LogP contribution in [0.4, 0.5) is 10.1 Å². The Hall–Kier alpha value is -2.63. The summed E-state index contributed by atoms with van der Waals surface area (Å²) in [4.78, 5) is 15.1. The number of carbonyl (C=O) groups excluding carboxylic acids is 1. The third kappa shape index (κ3) is 2.79. The number of rotatable bonds is 3. The zero-order valence-corrected chi connectivity index (χ0v) is 10.2. The second kappa shape index (κ2) is 4.93. The van der Waals surface area contributed by atoms with E-state index in [0.29, 0.717) is 11.3 Å². The fraction of sp³-hybridized carbons (Fsp3) is 0.0769. The van der Waals surface area contributed by atoms with Crippen LogP contribution in [0.3, 0.4) is 0 Å². The highest BCUT2D eigenvalue weighted by Crippen LogP contribution is 2.24. The molecule has 0 atom stereocenters. The number of hydrogen-bond donors (Lipinski definition) is 2. The average molecular weight is 261 g/mol. The number of carbonyl (C=O) groups is 1. The summed E-state index contributed by atoms with van der Waals surface area (Å²) >= 11 is 0. The number of anilines is 1. The first kappa shape index (κ1) is 12.8. The molecule has 1 aromatic heterocycles. The van der Waals surface area contributed by atoms with Crippen LogP contribution in [-0.4, -0.2) is 10.9 Å². The summed E-state index contributed by atoms with van der Waals surface area (Å²) in [7, 11) is 0. The molecule has 6 heteroatoms. The van der Waals surface area contributed by atoms with Crippen LogP contribution >= 0.6 is 0 Å². The Bertz CT molecular complexity index is 644. The minimum Gasteiger partial charge on any atom is -0.439 e. The Morgan fingerprint density at radius 1 is 1.37 bits per heavy atom. The van der Waals surface area contributed by atoms with Gasteiger partial charge in [-0.2, -0.15) is 0 Å². The van der Waals surface area contributed by atoms with Crippen molar-refractivity contribution in [3.8, 4) is 11.6 Å². The molecule has 19 heavy (non-hydrogen) atoms. The molecule has 5 nitrogen and oxygen atoms in total. The van der Waals surface area contributed by atoms with Crippen molar-refractivity contribution in [3.63, 3.8) is 0 Å². The van der Waals surface area contributed by atoms with E-state index < -0.39 is 5.91 Å². The number of ether oxygens (including phenoxy) is 1. The van der Waals surface area contributed by atoms with Crippen LogP contribution < -0.4 is 16.2 Å². The van der Waals surface area contributed by atoms with Crippen LogP contribution in [0, 0.1) is 12.7 Å². The first-order valence-corrected chi connectivity index (χ1v) is 5.46. The summed E-state index contributed by atoms with van der Waals surface area (Å²) in [5, 5.41) is 0. The molecule has 0 unspecified atom stereocenters. The van der Waals surface area contributed by atoms with Gasteiger partial charge in [-0.15, -0.1) is 0 Å². The van der Waals surface area contributed by atoms with E-state index >= 15 is 0 Å². The van der Waals surface area contributed by atoms with E-state index in [0.717, 1.165) is 0 Å². The maximum absolute atomic E-state index is 13.1. The molecule has 0 saturated carbocycles. The fourth-order valence-corrected chi connectivity index (χ4v) is 1.52. The largest absolute Gasteiger partial charge is 0.439 e. The van der Waals surface area contributed by atoms with Crippen LogP contribution in [0.25, 0.3) is 0 Å². The van der Waals surface area contributed by atoms with Gasteiger partial charge in [-0.3, -0.25) is 4.79 Å². The van der Waals surface area contributed by atoms with Gasteiger partial charge in [0, 0.05) is 6.07 Å². The topological polar surface area (TPSA) is 91.2 Å². The molecule has 1 heterocycles. The van der Waals surface area contributed by atoms with Crippen molar-refractivity contribution in [2.24, 2.45) is 5.73 Å². The SMILES string of the molecule is Cc1cc(Oc2cc(C(N)=O)c(N)cn2)ccc1F. The molecule has 2 rings (SSSR count). The predicted molar refractivity (Wildman–Crippen MR) is 68.4 cm³/mol. The molecule has 0 bridgehead atoms. The maximum atomic E-state index is 13.1. The first-order valence-electron chi connectivity index (χ1n) is 5.46. The molecule has 0 aliphatic carbocycles. The lowest BCUT2D eigenvalue weighted by Crippen LogP contribution is -2.13. The van der Waals surface area contributed by atoms with E-state index in [1.807, 2.05) is 0 Å². The molecule has 0 spiro atoms. The van der Waals surface area contributed by atoms with Gasteiger partial charge in [0.1, 0.15) is 11.6 Å². The summed E-state index contributed by atoms with van der Waals surface area (Å²) in [6.07, 6.45) is 1.28. The van der Waals surface area contributed by atoms with E-state index in [2.05, 4.69) is 4.98 Å². The van der Waals surface area contributed by atoms with Gasteiger partial charge in [0.15, 0.2) is 0 Å². The van der Waals surface area contributed by atoms with Gasteiger partial charge in [0.25, 0.3) is 5.91 Å². The normalized spacial score (nSPS) is 10.2. The Morgan fingerprint density at radius 3 is 2.74 bits per heavy atom. The third-order valence-electron chi connectivity index (χ3n) is 2.53. The number of nitrogen functional groups attached to an aromatic ring is 1. The summed E-state index contributed by atoms with van der Waals surface area (Å²) in [5.41, 5.74) is 11.5. The van der Waals surface area contributed by atoms with E-state index in [4.69, 9.17) is 16.2 Å². The highest BCUT2D eigenvalue weighted by molar-refractivity contribution is 5.98. The molecule has 4 N–H and O–H groups in total. The maximum Gasteiger partial charge on any atom is 0.251 e. The quantitative estimate of drug-likeness (QED) is 0.884. The van der Waals surface area contributed by atoms with Gasteiger partial charge in [0.2, 0.25) is 5.88 Å². The van der Waals surface area contributed by atoms with Crippen molar-refractivity contribution in [3.05, 3.63) is 47.4 Å². The van der Waals surface area contributed by atoms with Gasteiger partial charge in [0.05, 0.1) is 17.4 Å². The second-order valence-electron chi connectivity index (χ2n) is 3.99. The number of nitrogens with two attached hydrogens (primary N) is 2. The van der Waals surface area contributed by atoms with Crippen LogP contribution in [0.2, 0.25) is 0 Å². The van der Waals surface area contributed by atoms with Gasteiger partial charge >= 0.3 is 0 Å². The molecule has 1 aromatic carbocycles. The van der Waals surface area contributed by atoms with Crippen molar-refractivity contribution in [2.75, 3.05) is 5.73 Å². The number of hydrogen-bond acceptors (Lipinski definition) is 4. The van der Waals surface area contributed by atoms with E-state index in [9.17, 15) is 9.18 Å². The van der Waals surface area contributed by atoms with E-state index in [1.165, 1.54) is 30.5 Å². The second-order valence-corrected chi connectivity index (χ2v) is 3.99. The Morgan fingerprint density at radius 2 is 2.11 bits per heavy atom. The number of pyridine rings is 1. The lowest BCUT2D eigenvalue weighted by atomic mass is 10.2. The fourth-order valence-electron chi connectivity index (χ4n) is 1.52. The summed E-state index contributed by atoms with van der Waals surface area (Å²) in [5.74, 6) is -0.420. The highest BCUT2D eigenvalue weighted by atomic mass is 19.1. The average Bonchev–Trinajstić information content (AvgIpc) is 2.36. The Kier molecular flexibility index (Phi) is 3.33. The minimum atomic E-state index is -0.667. The van der Waals surface area contributed by atoms with Crippen molar-refractivity contribution in [1.82, 2.24) is 4.98 Å². The standard InChI is InChI=1S/C13H12FN3O2/c1-7-4-8(2-3-10(7)14)19-12-5-9(13(16)18)11(15)6-17-12/h2-6H,15H2,1H3,(H2,16,18). The van der Waals surface area contributed by atoms with Crippen LogP contribution in [0.1, 0.15) is 15.9 Å². The monoisotopic (exact) mass is 261 g/mol. The van der Waals surface area contributed by atoms with Gasteiger partial charge in [-0.1, -0.05) is 0 Å². The molecule has 0 aliphatic rings. The highest BCUT2D eigenvalue weighted by Gasteiger charge is 2.09. The molecule has 0 saturated heterocycles. The summed E-state index contributed by atoms with van der Waals surface area (Å²) in [6.45, 7) is 1.62. The molecule has 0 aliphatic heterocycles. The Labute approximate surface area is 109 Å². The zero-order valence-electron chi connectivity index (χ0n) is 10.2. The van der Waals surface area contributed by atoms with Gasteiger partial charge < -0.3 is 16.2 Å². The van der Waals surface area contributed by atoms with Crippen LogP contribution in [-0.2, 0) is 0 Å².